The number of benzene rings is 1. The van der Waals surface area contributed by atoms with E-state index in [4.69, 9.17) is 4.84 Å². The molecule has 1 atom stereocenters. The lowest BCUT2D eigenvalue weighted by Gasteiger charge is -2.16. The summed E-state index contributed by atoms with van der Waals surface area (Å²) in [5.74, 6) is 0. The van der Waals surface area contributed by atoms with Crippen molar-refractivity contribution < 1.29 is 4.84 Å². The van der Waals surface area contributed by atoms with E-state index in [1.807, 2.05) is 6.92 Å². The molecule has 1 rings (SSSR count). The van der Waals surface area contributed by atoms with Crippen molar-refractivity contribution in [1.29, 1.82) is 0 Å². The Morgan fingerprint density at radius 2 is 1.80 bits per heavy atom. The Labute approximate surface area is 92.6 Å². The number of nitrogens with one attached hydrogen (secondary N) is 1. The molecule has 0 aliphatic heterocycles. The van der Waals surface area contributed by atoms with Crippen LogP contribution in [0.2, 0.25) is 0 Å². The second-order valence-electron chi connectivity index (χ2n) is 3.61. The van der Waals surface area contributed by atoms with Crippen LogP contribution in [0.15, 0.2) is 24.3 Å². The average molecular weight is 207 g/mol. The van der Waals surface area contributed by atoms with Gasteiger partial charge in [-0.15, -0.1) is 0 Å². The Hall–Kier alpha value is -0.860. The lowest BCUT2D eigenvalue weighted by molar-refractivity contribution is 0.0230. The van der Waals surface area contributed by atoms with E-state index < -0.39 is 0 Å². The van der Waals surface area contributed by atoms with E-state index in [9.17, 15) is 0 Å². The maximum Gasteiger partial charge on any atom is 0.0654 e. The Morgan fingerprint density at radius 1 is 1.13 bits per heavy atom. The van der Waals surface area contributed by atoms with E-state index in [2.05, 4.69) is 43.6 Å². The van der Waals surface area contributed by atoms with Crippen LogP contribution in [0.4, 0.5) is 0 Å². The molecule has 0 aliphatic rings. The third-order valence-corrected chi connectivity index (χ3v) is 2.57. The second-order valence-corrected chi connectivity index (χ2v) is 3.61. The number of aryl methyl sites for hydroxylation is 1. The summed E-state index contributed by atoms with van der Waals surface area (Å²) in [7, 11) is 0. The Balaban J connectivity index is 2.65. The summed E-state index contributed by atoms with van der Waals surface area (Å²) in [4.78, 5) is 5.25. The van der Waals surface area contributed by atoms with E-state index in [-0.39, 0.29) is 0 Å². The van der Waals surface area contributed by atoms with Crippen LogP contribution >= 0.6 is 0 Å². The molecule has 2 heteroatoms. The zero-order chi connectivity index (χ0) is 11.1. The highest BCUT2D eigenvalue weighted by molar-refractivity contribution is 5.24. The van der Waals surface area contributed by atoms with Crippen molar-refractivity contribution in [1.82, 2.24) is 5.48 Å². The molecule has 0 heterocycles. The summed E-state index contributed by atoms with van der Waals surface area (Å²) < 4.78 is 0. The number of hydrogen-bond acceptors (Lipinski definition) is 2. The van der Waals surface area contributed by atoms with E-state index in [0.717, 1.165) is 12.8 Å². The summed E-state index contributed by atoms with van der Waals surface area (Å²) >= 11 is 0. The molecule has 15 heavy (non-hydrogen) atoms. The fourth-order valence-corrected chi connectivity index (χ4v) is 1.56. The molecule has 0 amide bonds. The molecular weight excluding hydrogens is 186 g/mol. The standard InChI is InChI=1S/C13H21NO/c1-4-11-7-9-12(10-8-11)13(5-2)14-15-6-3/h7-10,13-14H,4-6H2,1-3H3. The van der Waals surface area contributed by atoms with Gasteiger partial charge in [0.15, 0.2) is 0 Å². The summed E-state index contributed by atoms with van der Waals surface area (Å²) in [5.41, 5.74) is 5.75. The van der Waals surface area contributed by atoms with Crippen molar-refractivity contribution >= 4 is 0 Å². The molecule has 1 N–H and O–H groups in total. The predicted molar refractivity (Wildman–Crippen MR) is 63.6 cm³/mol. The first-order valence-corrected chi connectivity index (χ1v) is 5.77. The molecule has 1 aromatic carbocycles. The Kier molecular flexibility index (Phi) is 5.37. The van der Waals surface area contributed by atoms with Gasteiger partial charge in [-0.1, -0.05) is 38.1 Å². The van der Waals surface area contributed by atoms with E-state index in [1.54, 1.807) is 0 Å². The highest BCUT2D eigenvalue weighted by Gasteiger charge is 2.07. The molecule has 84 valence electrons. The quantitative estimate of drug-likeness (QED) is 0.723. The molecular formula is C13H21NO. The van der Waals surface area contributed by atoms with Crippen LogP contribution in [-0.2, 0) is 11.3 Å². The Bertz CT molecular complexity index is 268. The van der Waals surface area contributed by atoms with Crippen molar-refractivity contribution in [3.05, 3.63) is 35.4 Å². The van der Waals surface area contributed by atoms with Gasteiger partial charge in [0.05, 0.1) is 12.6 Å². The van der Waals surface area contributed by atoms with Crippen LogP contribution in [0.25, 0.3) is 0 Å². The van der Waals surface area contributed by atoms with Crippen LogP contribution in [-0.4, -0.2) is 6.61 Å². The number of hydrogen-bond donors (Lipinski definition) is 1. The van der Waals surface area contributed by atoms with Gasteiger partial charge in [-0.05, 0) is 30.9 Å². The van der Waals surface area contributed by atoms with Gasteiger partial charge in [-0.25, -0.2) is 0 Å². The zero-order valence-electron chi connectivity index (χ0n) is 9.92. The third-order valence-electron chi connectivity index (χ3n) is 2.57. The van der Waals surface area contributed by atoms with Crippen molar-refractivity contribution in [3.63, 3.8) is 0 Å². The first kappa shape index (κ1) is 12.2. The fraction of sp³-hybridized carbons (Fsp3) is 0.538. The smallest absolute Gasteiger partial charge is 0.0654 e. The van der Waals surface area contributed by atoms with Crippen LogP contribution in [0.1, 0.15) is 44.4 Å². The normalized spacial score (nSPS) is 12.7. The van der Waals surface area contributed by atoms with E-state index in [1.165, 1.54) is 11.1 Å². The van der Waals surface area contributed by atoms with E-state index in [0.29, 0.717) is 12.6 Å². The fourth-order valence-electron chi connectivity index (χ4n) is 1.56. The largest absolute Gasteiger partial charge is 0.302 e. The monoisotopic (exact) mass is 207 g/mol. The maximum absolute atomic E-state index is 5.25. The molecule has 0 saturated heterocycles. The molecule has 0 saturated carbocycles. The maximum atomic E-state index is 5.25. The van der Waals surface area contributed by atoms with Gasteiger partial charge < -0.3 is 4.84 Å². The first-order valence-electron chi connectivity index (χ1n) is 5.77. The van der Waals surface area contributed by atoms with Gasteiger partial charge in [0.2, 0.25) is 0 Å². The highest BCUT2D eigenvalue weighted by atomic mass is 16.6. The van der Waals surface area contributed by atoms with Crippen LogP contribution in [0.3, 0.4) is 0 Å². The minimum Gasteiger partial charge on any atom is -0.302 e. The predicted octanol–water partition coefficient (Wildman–Crippen LogP) is 3.24. The van der Waals surface area contributed by atoms with Crippen molar-refractivity contribution in [2.24, 2.45) is 0 Å². The molecule has 0 aliphatic carbocycles. The topological polar surface area (TPSA) is 21.3 Å². The molecule has 1 aromatic rings. The van der Waals surface area contributed by atoms with Gasteiger partial charge in [0, 0.05) is 0 Å². The molecule has 0 bridgehead atoms. The van der Waals surface area contributed by atoms with Gasteiger partial charge in [-0.3, -0.25) is 0 Å². The van der Waals surface area contributed by atoms with Gasteiger partial charge in [-0.2, -0.15) is 5.48 Å². The molecule has 1 unspecified atom stereocenters. The van der Waals surface area contributed by atoms with Crippen LogP contribution in [0.5, 0.6) is 0 Å². The van der Waals surface area contributed by atoms with E-state index >= 15 is 0 Å². The van der Waals surface area contributed by atoms with Crippen LogP contribution in [0, 0.1) is 0 Å². The minimum atomic E-state index is 0.302. The molecule has 0 radical (unpaired) electrons. The number of hydroxylamine groups is 1. The van der Waals surface area contributed by atoms with Crippen molar-refractivity contribution in [2.75, 3.05) is 6.61 Å². The zero-order valence-corrected chi connectivity index (χ0v) is 9.92. The minimum absolute atomic E-state index is 0.302. The molecule has 0 spiro atoms. The van der Waals surface area contributed by atoms with Crippen molar-refractivity contribution in [2.45, 2.75) is 39.7 Å². The molecule has 0 aromatic heterocycles. The first-order chi connectivity index (χ1) is 7.31. The van der Waals surface area contributed by atoms with Gasteiger partial charge in [0.1, 0.15) is 0 Å². The lowest BCUT2D eigenvalue weighted by atomic mass is 10.0. The summed E-state index contributed by atoms with van der Waals surface area (Å²) in [6, 6.07) is 9.03. The lowest BCUT2D eigenvalue weighted by Crippen LogP contribution is -2.21. The van der Waals surface area contributed by atoms with Crippen LogP contribution < -0.4 is 5.48 Å². The average Bonchev–Trinajstić information content (AvgIpc) is 2.31. The summed E-state index contributed by atoms with van der Waals surface area (Å²) in [6.45, 7) is 7.01. The van der Waals surface area contributed by atoms with Gasteiger partial charge in [0.25, 0.3) is 0 Å². The second kappa shape index (κ2) is 6.59. The van der Waals surface area contributed by atoms with Crippen molar-refractivity contribution in [3.8, 4) is 0 Å². The molecule has 2 nitrogen and oxygen atoms in total. The summed E-state index contributed by atoms with van der Waals surface area (Å²) in [5, 5.41) is 0. The SMILES string of the molecule is CCONC(CC)c1ccc(CC)cc1. The third kappa shape index (κ3) is 3.65. The summed E-state index contributed by atoms with van der Waals surface area (Å²) in [6.07, 6.45) is 2.13. The van der Waals surface area contributed by atoms with Gasteiger partial charge >= 0.3 is 0 Å². The Morgan fingerprint density at radius 3 is 2.27 bits per heavy atom. The molecule has 0 fully saturated rings. The number of rotatable bonds is 6. The highest BCUT2D eigenvalue weighted by Crippen LogP contribution is 2.17.